The second-order valence-electron chi connectivity index (χ2n) is 8.75. The summed E-state index contributed by atoms with van der Waals surface area (Å²) in [5.74, 6) is 0.496. The molecule has 1 spiro atoms. The Bertz CT molecular complexity index is 905. The number of nitrogen functional groups attached to an aromatic ring is 1. The van der Waals surface area contributed by atoms with E-state index in [1.54, 1.807) is 6.33 Å². The Labute approximate surface area is 175 Å². The molecule has 4 rings (SSSR count). The van der Waals surface area contributed by atoms with Gasteiger partial charge in [-0.1, -0.05) is 0 Å². The number of carbonyl (C=O) groups is 1. The Hall–Kier alpha value is -2.30. The van der Waals surface area contributed by atoms with E-state index in [-0.39, 0.29) is 11.9 Å². The molecule has 1 amide bonds. The van der Waals surface area contributed by atoms with Gasteiger partial charge in [0.25, 0.3) is 0 Å². The monoisotopic (exact) mass is 417 g/mol. The molecule has 10 nitrogen and oxygen atoms in total. The molecule has 2 fully saturated rings. The Kier molecular flexibility index (Phi) is 5.65. The smallest absolute Gasteiger partial charge is 0.222 e. The van der Waals surface area contributed by atoms with Crippen LogP contribution >= 0.6 is 0 Å². The molecule has 4 heterocycles. The van der Waals surface area contributed by atoms with Crippen molar-refractivity contribution in [3.8, 4) is 0 Å². The van der Waals surface area contributed by atoms with Crippen LogP contribution in [-0.4, -0.2) is 72.9 Å². The third kappa shape index (κ3) is 3.86. The number of amides is 1. The zero-order valence-corrected chi connectivity index (χ0v) is 17.5. The number of ether oxygens (including phenoxy) is 1. The molecule has 5 N–H and O–H groups in total. The number of nitrogens with two attached hydrogens (primary N) is 2. The summed E-state index contributed by atoms with van der Waals surface area (Å²) >= 11 is 0. The van der Waals surface area contributed by atoms with Crippen molar-refractivity contribution in [1.29, 1.82) is 0 Å². The summed E-state index contributed by atoms with van der Waals surface area (Å²) in [6, 6.07) is -0.335. The van der Waals surface area contributed by atoms with Crippen LogP contribution in [0.15, 0.2) is 12.7 Å². The first-order valence-corrected chi connectivity index (χ1v) is 10.6. The summed E-state index contributed by atoms with van der Waals surface area (Å²) in [7, 11) is 0. The summed E-state index contributed by atoms with van der Waals surface area (Å²) in [6.07, 6.45) is 7.21. The average Bonchev–Trinajstić information content (AvgIpc) is 3.13. The quantitative estimate of drug-likeness (QED) is 0.600. The van der Waals surface area contributed by atoms with Crippen LogP contribution in [0.1, 0.15) is 51.5 Å². The Morgan fingerprint density at radius 1 is 1.30 bits per heavy atom. The second kappa shape index (κ2) is 8.09. The predicted molar refractivity (Wildman–Crippen MR) is 111 cm³/mol. The van der Waals surface area contributed by atoms with Gasteiger partial charge in [-0.25, -0.2) is 15.0 Å². The Morgan fingerprint density at radius 2 is 2.07 bits per heavy atom. The van der Waals surface area contributed by atoms with Crippen LogP contribution in [0.25, 0.3) is 11.2 Å². The Morgan fingerprint density at radius 3 is 2.77 bits per heavy atom. The lowest BCUT2D eigenvalue weighted by molar-refractivity contribution is -0.197. The SMILES string of the molecule is C[C@@]1(O)CC2(CCN(C(=O)CCCCN)CC2)OC[C@H]1n1cnc2c(N)ncnc21. The van der Waals surface area contributed by atoms with Crippen LogP contribution in [0, 0.1) is 0 Å². The van der Waals surface area contributed by atoms with Crippen LogP contribution in [0.5, 0.6) is 0 Å². The number of aromatic nitrogens is 4. The highest BCUT2D eigenvalue weighted by molar-refractivity contribution is 5.81. The van der Waals surface area contributed by atoms with Crippen molar-refractivity contribution < 1.29 is 14.6 Å². The van der Waals surface area contributed by atoms with E-state index in [4.69, 9.17) is 16.2 Å². The van der Waals surface area contributed by atoms with E-state index in [1.807, 2.05) is 16.4 Å². The van der Waals surface area contributed by atoms with Gasteiger partial charge in [0.15, 0.2) is 11.5 Å². The van der Waals surface area contributed by atoms with Gasteiger partial charge in [-0.05, 0) is 39.2 Å². The van der Waals surface area contributed by atoms with Crippen molar-refractivity contribution >= 4 is 22.9 Å². The van der Waals surface area contributed by atoms with Gasteiger partial charge in [0.1, 0.15) is 11.8 Å². The molecule has 0 aromatic carbocycles. The first-order valence-electron chi connectivity index (χ1n) is 10.6. The molecule has 0 bridgehead atoms. The third-order valence-electron chi connectivity index (χ3n) is 6.54. The molecular weight excluding hydrogens is 386 g/mol. The van der Waals surface area contributed by atoms with Crippen LogP contribution in [-0.2, 0) is 9.53 Å². The molecule has 164 valence electrons. The van der Waals surface area contributed by atoms with Gasteiger partial charge in [-0.15, -0.1) is 0 Å². The van der Waals surface area contributed by atoms with Crippen molar-refractivity contribution in [2.45, 2.75) is 62.7 Å². The number of likely N-dealkylation sites (tertiary alicyclic amines) is 1. The van der Waals surface area contributed by atoms with E-state index in [9.17, 15) is 9.90 Å². The van der Waals surface area contributed by atoms with Crippen LogP contribution in [0.2, 0.25) is 0 Å². The number of nitrogens with zero attached hydrogens (tertiary/aromatic N) is 5. The van der Waals surface area contributed by atoms with E-state index in [0.29, 0.717) is 56.1 Å². The minimum atomic E-state index is -1.01. The van der Waals surface area contributed by atoms with Crippen LogP contribution < -0.4 is 11.5 Å². The lowest BCUT2D eigenvalue weighted by Gasteiger charge is -2.51. The maximum Gasteiger partial charge on any atom is 0.222 e. The number of rotatable bonds is 5. The van der Waals surface area contributed by atoms with Gasteiger partial charge in [0.05, 0.1) is 30.2 Å². The highest BCUT2D eigenvalue weighted by atomic mass is 16.5. The summed E-state index contributed by atoms with van der Waals surface area (Å²) in [5.41, 5.74) is 11.1. The summed E-state index contributed by atoms with van der Waals surface area (Å²) in [4.78, 5) is 26.9. The number of hydrogen-bond donors (Lipinski definition) is 3. The van der Waals surface area contributed by atoms with Gasteiger partial charge >= 0.3 is 0 Å². The molecule has 10 heteroatoms. The molecule has 2 aromatic heterocycles. The van der Waals surface area contributed by atoms with Crippen LogP contribution in [0.3, 0.4) is 0 Å². The van der Waals surface area contributed by atoms with Crippen molar-refractivity contribution in [2.24, 2.45) is 5.73 Å². The number of anilines is 1. The van der Waals surface area contributed by atoms with Crippen molar-refractivity contribution in [2.75, 3.05) is 32.0 Å². The van der Waals surface area contributed by atoms with Crippen LogP contribution in [0.4, 0.5) is 5.82 Å². The number of imidazole rings is 1. The largest absolute Gasteiger partial charge is 0.388 e. The summed E-state index contributed by atoms with van der Waals surface area (Å²) in [5, 5.41) is 11.4. The molecule has 0 aliphatic carbocycles. The van der Waals surface area contributed by atoms with E-state index in [2.05, 4.69) is 15.0 Å². The maximum atomic E-state index is 12.4. The molecule has 2 saturated heterocycles. The van der Waals surface area contributed by atoms with Gasteiger partial charge < -0.3 is 30.8 Å². The molecule has 2 aliphatic rings. The molecule has 2 aromatic rings. The maximum absolute atomic E-state index is 12.4. The number of aliphatic hydroxyl groups is 1. The number of piperidine rings is 1. The molecule has 2 aliphatic heterocycles. The number of unbranched alkanes of at least 4 members (excludes halogenated alkanes) is 1. The zero-order chi connectivity index (χ0) is 21.4. The Balaban J connectivity index is 1.43. The second-order valence-corrected chi connectivity index (χ2v) is 8.75. The normalized spacial score (nSPS) is 26.4. The predicted octanol–water partition coefficient (Wildman–Crippen LogP) is 0.611. The van der Waals surface area contributed by atoms with Gasteiger partial charge in [-0.3, -0.25) is 4.79 Å². The molecule has 2 atom stereocenters. The first-order chi connectivity index (χ1) is 14.4. The lowest BCUT2D eigenvalue weighted by Crippen LogP contribution is -2.57. The fraction of sp³-hybridized carbons (Fsp3) is 0.700. The molecule has 0 unspecified atom stereocenters. The fourth-order valence-electron chi connectivity index (χ4n) is 4.80. The topological polar surface area (TPSA) is 145 Å². The lowest BCUT2D eigenvalue weighted by atomic mass is 9.75. The van der Waals surface area contributed by atoms with Gasteiger partial charge in [0.2, 0.25) is 5.91 Å². The molecule has 0 radical (unpaired) electrons. The van der Waals surface area contributed by atoms with Crippen molar-refractivity contribution in [3.63, 3.8) is 0 Å². The minimum absolute atomic E-state index is 0.181. The van der Waals surface area contributed by atoms with E-state index < -0.39 is 11.2 Å². The third-order valence-corrected chi connectivity index (χ3v) is 6.54. The molecule has 0 saturated carbocycles. The number of fused-ring (bicyclic) bond motifs is 1. The first kappa shape index (κ1) is 21.0. The number of hydrogen-bond acceptors (Lipinski definition) is 8. The fourth-order valence-corrected chi connectivity index (χ4v) is 4.80. The van der Waals surface area contributed by atoms with E-state index in [0.717, 1.165) is 25.7 Å². The summed E-state index contributed by atoms with van der Waals surface area (Å²) in [6.45, 7) is 4.10. The van der Waals surface area contributed by atoms with Gasteiger partial charge in [-0.2, -0.15) is 0 Å². The standard InChI is InChI=1S/C20H31N7O3/c1-19(29)11-20(5-8-26(9-6-20)15(28)4-2-3-7-21)30-10-14(19)27-13-25-16-17(22)23-12-24-18(16)27/h12-14,29H,2-11,21H2,1H3,(H2,22,23,24)/t14-,19-/m1/s1. The molecule has 30 heavy (non-hydrogen) atoms. The molecular formula is C20H31N7O3. The van der Waals surface area contributed by atoms with E-state index in [1.165, 1.54) is 6.33 Å². The summed E-state index contributed by atoms with van der Waals surface area (Å²) < 4.78 is 8.18. The van der Waals surface area contributed by atoms with E-state index >= 15 is 0 Å². The minimum Gasteiger partial charge on any atom is -0.388 e. The number of carbonyl (C=O) groups excluding carboxylic acids is 1. The highest BCUT2D eigenvalue weighted by Gasteiger charge is 2.50. The highest BCUT2D eigenvalue weighted by Crippen LogP contribution is 2.44. The van der Waals surface area contributed by atoms with Crippen molar-refractivity contribution in [3.05, 3.63) is 12.7 Å². The van der Waals surface area contributed by atoms with Crippen molar-refractivity contribution in [1.82, 2.24) is 24.4 Å². The van der Waals surface area contributed by atoms with Gasteiger partial charge in [0, 0.05) is 25.9 Å². The average molecular weight is 418 g/mol. The zero-order valence-electron chi connectivity index (χ0n) is 17.5.